The number of benzene rings is 2. The first-order valence-corrected chi connectivity index (χ1v) is 9.18. The zero-order valence-corrected chi connectivity index (χ0v) is 14.9. The Balaban J connectivity index is 1.74. The molecule has 1 unspecified atom stereocenters. The minimum absolute atomic E-state index is 0.0587. The molecule has 3 aliphatic carbocycles. The Hall–Kier alpha value is -2.48. The van der Waals surface area contributed by atoms with Crippen LogP contribution in [-0.2, 0) is 6.42 Å². The average Bonchev–Trinajstić information content (AvgIpc) is 2.81. The van der Waals surface area contributed by atoms with Crippen LogP contribution in [0.15, 0.2) is 58.8 Å². The Bertz CT molecular complexity index is 1020. The fourth-order valence-electron chi connectivity index (χ4n) is 5.17. The molecule has 0 fully saturated rings. The lowest BCUT2D eigenvalue weighted by atomic mass is 9.73. The van der Waals surface area contributed by atoms with Gasteiger partial charge in [-0.05, 0) is 53.5 Å². The molecule has 4 N–H and O–H groups in total. The van der Waals surface area contributed by atoms with Crippen LogP contribution in [0.25, 0.3) is 16.8 Å². The summed E-state index contributed by atoms with van der Waals surface area (Å²) in [6.45, 7) is 4.69. The van der Waals surface area contributed by atoms with Crippen LogP contribution in [0.3, 0.4) is 0 Å². The van der Waals surface area contributed by atoms with Crippen molar-refractivity contribution >= 4 is 22.5 Å². The van der Waals surface area contributed by atoms with Crippen LogP contribution < -0.4 is 11.5 Å². The first-order chi connectivity index (χ1) is 12.0. The van der Waals surface area contributed by atoms with Crippen molar-refractivity contribution in [3.8, 4) is 0 Å². The third-order valence-electron chi connectivity index (χ3n) is 6.50. The van der Waals surface area contributed by atoms with E-state index in [2.05, 4.69) is 56.3 Å². The lowest BCUT2D eigenvalue weighted by molar-refractivity contribution is 0.530. The standard InChI is InChI=1S/C23H24N2/c1-23(2)20-10-14-9-13-5-3-4-6-16(13)22(25)18(14)12-19(20)17-8-7-15(24)11-21(17)23/h3-6,9-11,19H,7-8,12,24-25H2,1-2H3. The zero-order chi connectivity index (χ0) is 17.3. The Morgan fingerprint density at radius 1 is 1.04 bits per heavy atom. The average molecular weight is 328 g/mol. The largest absolute Gasteiger partial charge is 0.402 e. The van der Waals surface area contributed by atoms with Crippen LogP contribution in [0.2, 0.25) is 0 Å². The van der Waals surface area contributed by atoms with Gasteiger partial charge in [-0.2, -0.15) is 0 Å². The molecule has 2 aromatic rings. The molecule has 2 aromatic carbocycles. The third kappa shape index (κ3) is 1.91. The topological polar surface area (TPSA) is 52.0 Å². The highest BCUT2D eigenvalue weighted by atomic mass is 14.6. The molecular weight excluding hydrogens is 304 g/mol. The van der Waals surface area contributed by atoms with Crippen LogP contribution in [0.4, 0.5) is 5.69 Å². The summed E-state index contributed by atoms with van der Waals surface area (Å²) in [5.74, 6) is 0.491. The molecule has 0 saturated carbocycles. The number of hydrogen-bond acceptors (Lipinski definition) is 2. The van der Waals surface area contributed by atoms with Crippen LogP contribution in [-0.4, -0.2) is 0 Å². The van der Waals surface area contributed by atoms with Crippen molar-refractivity contribution in [3.05, 3.63) is 70.0 Å². The molecule has 0 amide bonds. The normalized spacial score (nSPS) is 23.7. The molecule has 0 aliphatic heterocycles. The highest BCUT2D eigenvalue weighted by Gasteiger charge is 2.45. The summed E-state index contributed by atoms with van der Waals surface area (Å²) in [4.78, 5) is 0. The minimum atomic E-state index is 0.0587. The molecule has 0 saturated heterocycles. The van der Waals surface area contributed by atoms with Gasteiger partial charge in [0.25, 0.3) is 0 Å². The smallest absolute Gasteiger partial charge is 0.0432 e. The quantitative estimate of drug-likeness (QED) is 0.672. The maximum Gasteiger partial charge on any atom is 0.0432 e. The first kappa shape index (κ1) is 14.8. The number of nitrogens with two attached hydrogens (primary N) is 2. The van der Waals surface area contributed by atoms with Gasteiger partial charge in [0.1, 0.15) is 0 Å². The fraction of sp³-hybridized carbons (Fsp3) is 0.304. The van der Waals surface area contributed by atoms with E-state index in [0.29, 0.717) is 5.92 Å². The predicted molar refractivity (Wildman–Crippen MR) is 106 cm³/mol. The van der Waals surface area contributed by atoms with Crippen LogP contribution in [0.5, 0.6) is 0 Å². The van der Waals surface area contributed by atoms with Crippen molar-refractivity contribution < 1.29 is 0 Å². The lowest BCUT2D eigenvalue weighted by Gasteiger charge is -2.31. The summed E-state index contributed by atoms with van der Waals surface area (Å²) in [6, 6.07) is 10.8. The molecule has 0 bridgehead atoms. The van der Waals surface area contributed by atoms with E-state index in [9.17, 15) is 0 Å². The number of nitrogen functional groups attached to an aromatic ring is 1. The van der Waals surface area contributed by atoms with Crippen molar-refractivity contribution in [1.82, 2.24) is 0 Å². The summed E-state index contributed by atoms with van der Waals surface area (Å²) in [5, 5.41) is 2.41. The molecule has 1 atom stereocenters. The van der Waals surface area contributed by atoms with Gasteiger partial charge in [-0.15, -0.1) is 0 Å². The second-order valence-electron chi connectivity index (χ2n) is 8.22. The van der Waals surface area contributed by atoms with Crippen LogP contribution in [0, 0.1) is 11.3 Å². The van der Waals surface area contributed by atoms with Gasteiger partial charge >= 0.3 is 0 Å². The van der Waals surface area contributed by atoms with Crippen molar-refractivity contribution in [2.75, 3.05) is 5.73 Å². The Kier molecular flexibility index (Phi) is 2.84. The lowest BCUT2D eigenvalue weighted by Crippen LogP contribution is -2.20. The van der Waals surface area contributed by atoms with Gasteiger partial charge in [0, 0.05) is 28.1 Å². The molecule has 2 nitrogen and oxygen atoms in total. The van der Waals surface area contributed by atoms with E-state index in [1.165, 1.54) is 33.0 Å². The van der Waals surface area contributed by atoms with E-state index in [1.807, 2.05) is 0 Å². The second-order valence-corrected chi connectivity index (χ2v) is 8.22. The fourth-order valence-corrected chi connectivity index (χ4v) is 5.17. The van der Waals surface area contributed by atoms with Crippen LogP contribution >= 0.6 is 0 Å². The molecule has 5 rings (SSSR count). The maximum atomic E-state index is 6.60. The Morgan fingerprint density at radius 3 is 2.68 bits per heavy atom. The molecule has 3 aliphatic rings. The van der Waals surface area contributed by atoms with E-state index < -0.39 is 0 Å². The predicted octanol–water partition coefficient (Wildman–Crippen LogP) is 4.95. The van der Waals surface area contributed by atoms with E-state index >= 15 is 0 Å². The molecule has 126 valence electrons. The van der Waals surface area contributed by atoms with Crippen molar-refractivity contribution in [2.45, 2.75) is 33.1 Å². The van der Waals surface area contributed by atoms with E-state index in [4.69, 9.17) is 11.5 Å². The van der Waals surface area contributed by atoms with E-state index in [1.54, 1.807) is 5.57 Å². The van der Waals surface area contributed by atoms with Gasteiger partial charge in [0.15, 0.2) is 0 Å². The summed E-state index contributed by atoms with van der Waals surface area (Å²) in [5.41, 5.74) is 22.0. The summed E-state index contributed by atoms with van der Waals surface area (Å²) >= 11 is 0. The monoisotopic (exact) mass is 328 g/mol. The second kappa shape index (κ2) is 4.78. The molecule has 0 radical (unpaired) electrons. The summed E-state index contributed by atoms with van der Waals surface area (Å²) in [7, 11) is 0. The third-order valence-corrected chi connectivity index (χ3v) is 6.50. The summed E-state index contributed by atoms with van der Waals surface area (Å²) < 4.78 is 0. The molecule has 25 heavy (non-hydrogen) atoms. The highest BCUT2D eigenvalue weighted by molar-refractivity contribution is 5.97. The van der Waals surface area contributed by atoms with Gasteiger partial charge in [0.05, 0.1) is 0 Å². The molecule has 0 aromatic heterocycles. The molecule has 0 heterocycles. The number of hydrogen-bond donors (Lipinski definition) is 2. The number of allylic oxidation sites excluding steroid dienone is 5. The van der Waals surface area contributed by atoms with Gasteiger partial charge in [0.2, 0.25) is 0 Å². The molecule has 0 spiro atoms. The van der Waals surface area contributed by atoms with E-state index in [-0.39, 0.29) is 5.41 Å². The summed E-state index contributed by atoms with van der Waals surface area (Å²) in [6.07, 6.45) is 7.75. The molecular formula is C23H24N2. The van der Waals surface area contributed by atoms with Crippen molar-refractivity contribution in [2.24, 2.45) is 17.1 Å². The van der Waals surface area contributed by atoms with E-state index in [0.717, 1.165) is 30.6 Å². The Labute approximate surface area is 148 Å². The molecule has 2 heteroatoms. The van der Waals surface area contributed by atoms with Gasteiger partial charge < -0.3 is 11.5 Å². The minimum Gasteiger partial charge on any atom is -0.402 e. The Morgan fingerprint density at radius 2 is 1.84 bits per heavy atom. The van der Waals surface area contributed by atoms with Crippen molar-refractivity contribution in [3.63, 3.8) is 0 Å². The van der Waals surface area contributed by atoms with Gasteiger partial charge in [-0.1, -0.05) is 55.3 Å². The maximum absolute atomic E-state index is 6.60. The van der Waals surface area contributed by atoms with Crippen LogP contribution in [0.1, 0.15) is 37.8 Å². The number of rotatable bonds is 0. The first-order valence-electron chi connectivity index (χ1n) is 9.18. The number of fused-ring (bicyclic) bond motifs is 4. The van der Waals surface area contributed by atoms with Gasteiger partial charge in [-0.25, -0.2) is 0 Å². The SMILES string of the molecule is CC1(C)C2=Cc3cc4ccccc4c(N)c3CC2C2=C1C=C(N)CC2. The van der Waals surface area contributed by atoms with Crippen molar-refractivity contribution in [1.29, 1.82) is 0 Å². The van der Waals surface area contributed by atoms with Gasteiger partial charge in [-0.3, -0.25) is 0 Å². The zero-order valence-electron chi connectivity index (χ0n) is 14.9. The highest BCUT2D eigenvalue weighted by Crippen LogP contribution is 2.57. The number of anilines is 1.